The molecule has 2 aromatic carbocycles. The van der Waals surface area contributed by atoms with Crippen LogP contribution in [0.15, 0.2) is 42.5 Å². The smallest absolute Gasteiger partial charge is 0.242 e. The summed E-state index contributed by atoms with van der Waals surface area (Å²) in [5, 5.41) is 3.02. The molecule has 0 fully saturated rings. The van der Waals surface area contributed by atoms with Gasteiger partial charge in [-0.25, -0.2) is 0 Å². The Kier molecular flexibility index (Phi) is 9.10. The summed E-state index contributed by atoms with van der Waals surface area (Å²) in [7, 11) is 0. The molecule has 2 rings (SSSR count). The highest BCUT2D eigenvalue weighted by Gasteiger charge is 2.28. The molecular weight excluding hydrogens is 372 g/mol. The van der Waals surface area contributed by atoms with Gasteiger partial charge in [-0.05, 0) is 50.3 Å². The van der Waals surface area contributed by atoms with Crippen LogP contribution >= 0.6 is 0 Å². The van der Waals surface area contributed by atoms with Gasteiger partial charge in [0.1, 0.15) is 6.04 Å². The molecule has 0 bridgehead atoms. The molecule has 0 saturated heterocycles. The van der Waals surface area contributed by atoms with E-state index in [0.717, 1.165) is 40.7 Å². The molecule has 0 aliphatic heterocycles. The normalized spacial score (nSPS) is 11.8. The quantitative estimate of drug-likeness (QED) is 0.570. The van der Waals surface area contributed by atoms with Gasteiger partial charge >= 0.3 is 0 Å². The van der Waals surface area contributed by atoms with Crippen molar-refractivity contribution in [3.63, 3.8) is 0 Å². The minimum Gasteiger partial charge on any atom is -0.354 e. The van der Waals surface area contributed by atoms with Crippen LogP contribution in [-0.4, -0.2) is 29.3 Å². The molecule has 0 aromatic heterocycles. The van der Waals surface area contributed by atoms with Gasteiger partial charge in [-0.15, -0.1) is 0 Å². The molecule has 4 nitrogen and oxygen atoms in total. The van der Waals surface area contributed by atoms with E-state index in [9.17, 15) is 9.59 Å². The average molecular weight is 409 g/mol. The lowest BCUT2D eigenvalue weighted by Gasteiger charge is -2.31. The van der Waals surface area contributed by atoms with Gasteiger partial charge in [0.2, 0.25) is 11.8 Å². The molecule has 0 spiro atoms. The topological polar surface area (TPSA) is 49.4 Å². The van der Waals surface area contributed by atoms with Gasteiger partial charge in [-0.3, -0.25) is 9.59 Å². The molecule has 30 heavy (non-hydrogen) atoms. The molecule has 0 radical (unpaired) electrons. The van der Waals surface area contributed by atoms with Gasteiger partial charge in [0, 0.05) is 13.1 Å². The van der Waals surface area contributed by atoms with E-state index >= 15 is 0 Å². The Morgan fingerprint density at radius 3 is 2.40 bits per heavy atom. The first kappa shape index (κ1) is 23.7. The van der Waals surface area contributed by atoms with Crippen LogP contribution in [0.3, 0.4) is 0 Å². The fraction of sp³-hybridized carbons (Fsp3) is 0.462. The van der Waals surface area contributed by atoms with E-state index in [-0.39, 0.29) is 11.8 Å². The molecule has 2 amide bonds. The predicted molar refractivity (Wildman–Crippen MR) is 123 cm³/mol. The van der Waals surface area contributed by atoms with Gasteiger partial charge < -0.3 is 10.2 Å². The number of rotatable bonds is 10. The third kappa shape index (κ3) is 6.72. The van der Waals surface area contributed by atoms with Crippen molar-refractivity contribution < 1.29 is 9.59 Å². The molecule has 1 N–H and O–H groups in total. The van der Waals surface area contributed by atoms with E-state index < -0.39 is 6.04 Å². The summed E-state index contributed by atoms with van der Waals surface area (Å²) in [6, 6.07) is 13.9. The Morgan fingerprint density at radius 1 is 1.00 bits per heavy atom. The zero-order valence-corrected chi connectivity index (χ0v) is 19.1. The number of benzene rings is 2. The number of amides is 2. The molecule has 0 heterocycles. The summed E-state index contributed by atoms with van der Waals surface area (Å²) in [6.45, 7) is 11.3. The fourth-order valence-corrected chi connectivity index (χ4v) is 3.69. The lowest BCUT2D eigenvalue weighted by molar-refractivity contribution is -0.140. The van der Waals surface area contributed by atoms with Crippen LogP contribution in [0, 0.1) is 20.8 Å². The van der Waals surface area contributed by atoms with Crippen LogP contribution in [0.4, 0.5) is 0 Å². The molecule has 0 unspecified atom stereocenters. The molecular formula is C26H36N2O2. The molecule has 0 aliphatic carbocycles. The Bertz CT molecular complexity index is 860. The number of hydrogen-bond acceptors (Lipinski definition) is 2. The highest BCUT2D eigenvalue weighted by atomic mass is 16.2. The highest BCUT2D eigenvalue weighted by Crippen LogP contribution is 2.18. The Morgan fingerprint density at radius 2 is 1.73 bits per heavy atom. The van der Waals surface area contributed by atoms with Crippen LogP contribution in [0.2, 0.25) is 0 Å². The van der Waals surface area contributed by atoms with Gasteiger partial charge in [0.15, 0.2) is 0 Å². The first-order valence-electron chi connectivity index (χ1n) is 11.0. The Balaban J connectivity index is 2.29. The number of unbranched alkanes of at least 4 members (excludes halogenated alkanes) is 1. The van der Waals surface area contributed by atoms with Crippen LogP contribution < -0.4 is 5.32 Å². The summed E-state index contributed by atoms with van der Waals surface area (Å²) < 4.78 is 0. The van der Waals surface area contributed by atoms with Crippen LogP contribution in [0.5, 0.6) is 0 Å². The van der Waals surface area contributed by atoms with E-state index in [1.54, 1.807) is 4.90 Å². The Labute approximate surface area is 181 Å². The maximum absolute atomic E-state index is 13.4. The van der Waals surface area contributed by atoms with Crippen molar-refractivity contribution in [1.29, 1.82) is 0 Å². The standard InChI is InChI=1S/C26H36N2O2/c1-6-8-14-27-26(30)24(7-2)28(18-22-11-9-10-19(3)15-22)25(29)17-23-16-20(4)12-13-21(23)5/h9-13,15-16,24H,6-8,14,17-18H2,1-5H3,(H,27,30)/t24-/m0/s1. The fourth-order valence-electron chi connectivity index (χ4n) is 3.69. The number of nitrogens with zero attached hydrogens (tertiary/aromatic N) is 1. The van der Waals surface area contributed by atoms with Crippen molar-refractivity contribution in [1.82, 2.24) is 10.2 Å². The van der Waals surface area contributed by atoms with Crippen molar-refractivity contribution in [2.24, 2.45) is 0 Å². The molecule has 4 heteroatoms. The first-order valence-corrected chi connectivity index (χ1v) is 11.0. The van der Waals surface area contributed by atoms with Crippen molar-refractivity contribution in [2.75, 3.05) is 6.54 Å². The van der Waals surface area contributed by atoms with Crippen molar-refractivity contribution >= 4 is 11.8 Å². The highest BCUT2D eigenvalue weighted by molar-refractivity contribution is 5.88. The summed E-state index contributed by atoms with van der Waals surface area (Å²) >= 11 is 0. The second-order valence-corrected chi connectivity index (χ2v) is 8.19. The zero-order chi connectivity index (χ0) is 22.1. The largest absolute Gasteiger partial charge is 0.354 e. The minimum atomic E-state index is -0.472. The number of nitrogens with one attached hydrogen (secondary N) is 1. The van der Waals surface area contributed by atoms with Gasteiger partial charge in [-0.1, -0.05) is 73.9 Å². The summed E-state index contributed by atoms with van der Waals surface area (Å²) in [6.07, 6.45) is 2.85. The SMILES string of the molecule is CCCCNC(=O)[C@H](CC)N(Cc1cccc(C)c1)C(=O)Cc1cc(C)ccc1C. The summed E-state index contributed by atoms with van der Waals surface area (Å²) in [5.41, 5.74) is 5.46. The lowest BCUT2D eigenvalue weighted by atomic mass is 10.0. The van der Waals surface area contributed by atoms with E-state index in [2.05, 4.69) is 36.5 Å². The molecule has 1 atom stereocenters. The molecule has 162 valence electrons. The van der Waals surface area contributed by atoms with E-state index in [1.807, 2.05) is 45.9 Å². The van der Waals surface area contributed by atoms with E-state index in [0.29, 0.717) is 25.9 Å². The third-order valence-electron chi connectivity index (χ3n) is 5.50. The maximum Gasteiger partial charge on any atom is 0.242 e. The van der Waals surface area contributed by atoms with Gasteiger partial charge in [0.05, 0.1) is 6.42 Å². The van der Waals surface area contributed by atoms with Crippen molar-refractivity contribution in [3.8, 4) is 0 Å². The molecule has 0 aliphatic rings. The monoisotopic (exact) mass is 408 g/mol. The minimum absolute atomic E-state index is 0.0114. The van der Waals surface area contributed by atoms with Crippen LogP contribution in [0.1, 0.15) is 60.9 Å². The van der Waals surface area contributed by atoms with E-state index in [4.69, 9.17) is 0 Å². The molecule has 0 saturated carbocycles. The third-order valence-corrected chi connectivity index (χ3v) is 5.50. The number of hydrogen-bond donors (Lipinski definition) is 1. The van der Waals surface area contributed by atoms with E-state index in [1.165, 1.54) is 0 Å². The molecule has 2 aromatic rings. The number of carbonyl (C=O) groups is 2. The van der Waals surface area contributed by atoms with Gasteiger partial charge in [0.25, 0.3) is 0 Å². The van der Waals surface area contributed by atoms with Crippen molar-refractivity contribution in [3.05, 3.63) is 70.3 Å². The van der Waals surface area contributed by atoms with Crippen molar-refractivity contribution in [2.45, 2.75) is 72.9 Å². The second-order valence-electron chi connectivity index (χ2n) is 8.19. The number of aryl methyl sites for hydroxylation is 3. The predicted octanol–water partition coefficient (Wildman–Crippen LogP) is 4.88. The van der Waals surface area contributed by atoms with Crippen LogP contribution in [0.25, 0.3) is 0 Å². The second kappa shape index (κ2) is 11.5. The summed E-state index contributed by atoms with van der Waals surface area (Å²) in [5.74, 6) is -0.0735. The maximum atomic E-state index is 13.4. The average Bonchev–Trinajstić information content (AvgIpc) is 2.70. The number of carbonyl (C=O) groups excluding carboxylic acids is 2. The summed E-state index contributed by atoms with van der Waals surface area (Å²) in [4.78, 5) is 28.1. The lowest BCUT2D eigenvalue weighted by Crippen LogP contribution is -2.49. The zero-order valence-electron chi connectivity index (χ0n) is 19.1. The van der Waals surface area contributed by atoms with Crippen LogP contribution in [-0.2, 0) is 22.6 Å². The first-order chi connectivity index (χ1) is 14.3. The van der Waals surface area contributed by atoms with Gasteiger partial charge in [-0.2, -0.15) is 0 Å². The Hall–Kier alpha value is -2.62.